The maximum Gasteiger partial charge on any atom is 0.118 e. The Hall–Kier alpha value is -7.42. The molecule has 0 saturated heterocycles. The highest BCUT2D eigenvalue weighted by Gasteiger charge is 2.46. The second-order valence-electron chi connectivity index (χ2n) is 34.4. The van der Waals surface area contributed by atoms with Gasteiger partial charge in [0, 0.05) is 168 Å². The van der Waals surface area contributed by atoms with Crippen molar-refractivity contribution in [3.8, 4) is 40.2 Å². The number of likely N-dealkylation sites (N-methyl/N-ethyl adjacent to an activating group) is 7. The van der Waals surface area contributed by atoms with Gasteiger partial charge in [0.05, 0.1) is 123 Å². The molecule has 0 bridgehead atoms. The van der Waals surface area contributed by atoms with Gasteiger partial charge in [-0.1, -0.05) is 219 Å². The highest BCUT2D eigenvalue weighted by atomic mass is 16.5. The molecule has 0 heterocycles. The molecule has 21 nitrogen and oxygen atoms in total. The maximum atomic E-state index is 12.0. The van der Waals surface area contributed by atoms with Crippen molar-refractivity contribution in [2.45, 2.75) is 305 Å². The molecule has 7 saturated carbocycles. The molecular formula is C119H189N7O14. The smallest absolute Gasteiger partial charge is 0.118 e. The number of hydrogen-bond acceptors (Lipinski definition) is 21. The van der Waals surface area contributed by atoms with Gasteiger partial charge < -0.3 is 103 Å². The van der Waals surface area contributed by atoms with Crippen LogP contribution in [-0.2, 0) is 0 Å². The molecule has 7 aliphatic rings. The first-order valence-electron chi connectivity index (χ1n) is 86.9. The van der Waals surface area contributed by atoms with Crippen LogP contribution in [0, 0.1) is 0 Å². The monoisotopic (exact) mass is 2020 g/mol. The highest BCUT2D eigenvalue weighted by Crippen LogP contribution is 2.49. The molecule has 7 aliphatic carbocycles. The van der Waals surface area contributed by atoms with Crippen molar-refractivity contribution in [2.24, 2.45) is 0 Å². The van der Waals surface area contributed by atoms with Gasteiger partial charge in [-0.2, -0.15) is 0 Å². The molecule has 7 fully saturated rings. The SMILES string of the molecule is [2H]C([2H])([2H])Oc1ccc([C@@]([2H])(C([2H])([2H])N(C([2H])([2H])[2H])C([2H])([2H])[2H])C2(O)C([2H])([2H])C([2H])([2H])C([2H])([2H])C([2H])([2H])C2([2H])[2H])cc1.[2H]C([2H])([2H])Oc1ccc([C@@]([2H])(C([2H])([2H])N(C)C([2H])([2H])[2H])C2(O)C([2H])([2H])C([2H])([2H])C([2H])([2H])C([2H])([2H])C2([2H])[2H])cc1.[2H]C([2H])([2H])Oc1ccc([C@@]([2H])(C([2H])([2H])N(C)C)C2(O)C([2H])([2H])C([2H])([2H])C([2H])([2H])C([2H])([2H])C2([2H])[2H])cc1.[2H]c1c([2H])c([C@@H](CN(C([2H])([2H])[2H])C([2H])([2H])[2H])C2(O)CCCCC2)c([2H])c([2H])c1OC.[2H]c1c([2H])c([C@@H](CN(C)C([2H])([2H])[2H])C2(O)CCCCC2)c([2H])c([2H])c1OC.[2H]c1c([2H])c([C@@H](CN(C)C)C2(O)CCCCC2)c([2H])c([2H])c1OC.[2H]c1c([2H])c([C@H](C2(O)CCCCC2)C([2H])([2H])N(C)C)c([2H])c([2H])c1OC. The van der Waals surface area contributed by atoms with Gasteiger partial charge in [-0.25, -0.2) is 0 Å². The van der Waals surface area contributed by atoms with Crippen LogP contribution in [-0.4, -0.2) is 303 Å². The van der Waals surface area contributed by atoms with Crippen molar-refractivity contribution in [3.63, 3.8) is 0 Å². The molecule has 7 atom stereocenters. The second-order valence-corrected chi connectivity index (χ2v) is 34.4. The van der Waals surface area contributed by atoms with Crippen LogP contribution >= 0.6 is 0 Å². The largest absolute Gasteiger partial charge is 0.497 e. The minimum atomic E-state index is -4.80. The summed E-state index contributed by atoms with van der Waals surface area (Å²) in [7, 11) is 7.14. The Kier molecular flexibility index (Phi) is 19.2. The standard InChI is InChI=1S/7C17H27NO2/c7*1-18(2)13-16(17(19)11-5-4-6-12-17)14-7-9-15(20-3)10-8-14/h7*7-10,16,19H,4-6,11-13H2,1-3H3/t7*16-/m1111111/s1/i1D3,2D3,3D3,4D2,5D2,6D2,11D2,12D2,13D2,16D;1D3,3D3,4D2,5D2,6D2,11D2,12D2,13D2,16D;3D3,4D2,5D2,6D2,11D2,12D2,13D2,16D;1D3,2D3,7D,8D,9D,10D;7D,8D,9D,10D,13D2;1D3,7D,8D,9D,10D;7D,8D,9D,10D. The van der Waals surface area contributed by atoms with E-state index in [0.717, 1.165) is 120 Å². The molecule has 7 N–H and O–H groups in total. The van der Waals surface area contributed by atoms with Crippen LogP contribution in [0.2, 0.25) is 0 Å². The molecule has 0 aromatic heterocycles. The molecule has 21 heteroatoms. The van der Waals surface area contributed by atoms with E-state index in [4.69, 9.17) is 135 Å². The zero-order valence-corrected chi connectivity index (χ0v) is 80.6. The van der Waals surface area contributed by atoms with Gasteiger partial charge in [0.2, 0.25) is 0 Å². The van der Waals surface area contributed by atoms with E-state index in [2.05, 4.69) is 9.47 Å². The van der Waals surface area contributed by atoms with E-state index >= 15 is 0 Å². The van der Waals surface area contributed by atoms with Crippen LogP contribution < -0.4 is 33.2 Å². The van der Waals surface area contributed by atoms with Gasteiger partial charge in [0.15, 0.2) is 0 Å². The fourth-order valence-corrected chi connectivity index (χ4v) is 16.4. The van der Waals surface area contributed by atoms with Crippen LogP contribution in [0.5, 0.6) is 40.2 Å². The van der Waals surface area contributed by atoms with E-state index in [-0.39, 0.29) is 142 Å². The minimum absolute atomic E-state index is 0.0475. The Morgan fingerprint density at radius 1 is 0.257 bits per heavy atom. The summed E-state index contributed by atoms with van der Waals surface area (Å²) in [5.74, 6) is -17.7. The van der Waals surface area contributed by atoms with Crippen molar-refractivity contribution in [3.05, 3.63) is 208 Å². The average Bonchev–Trinajstić information content (AvgIpc) is 0.675. The fraction of sp³-hybridized carbons (Fsp3) is 0.647. The predicted octanol–water partition coefficient (Wildman–Crippen LogP) is 21.2. The molecule has 7 aromatic rings. The Labute approximate surface area is 965 Å². The molecule has 7 aromatic carbocycles. The summed E-state index contributed by atoms with van der Waals surface area (Å²) in [5, 5.41) is 81.2. The van der Waals surface area contributed by atoms with Crippen LogP contribution in [0.1, 0.15) is 419 Å². The van der Waals surface area contributed by atoms with E-state index < -0.39 is 329 Å². The number of aliphatic hydroxyl groups is 7. The summed E-state index contributed by atoms with van der Waals surface area (Å²) in [6.07, 6.45) is -49.7. The third-order valence-corrected chi connectivity index (χ3v) is 23.3. The number of ether oxygens (including phenoxy) is 7. The number of hydrogen-bond donors (Lipinski definition) is 7. The lowest BCUT2D eigenvalue weighted by atomic mass is 9.72. The quantitative estimate of drug-likeness (QED) is 0.0196. The molecule has 0 unspecified atom stereocenters. The Morgan fingerprint density at radius 2 is 0.486 bits per heavy atom. The van der Waals surface area contributed by atoms with Crippen LogP contribution in [0.3, 0.4) is 0 Å². The third-order valence-electron chi connectivity index (χ3n) is 23.3. The van der Waals surface area contributed by atoms with Gasteiger partial charge >= 0.3 is 0 Å². The molecule has 0 aliphatic heterocycles. The first-order valence-corrected chi connectivity index (χ1v) is 44.9. The summed E-state index contributed by atoms with van der Waals surface area (Å²) in [6, 6.07) is 3.72. The lowest BCUT2D eigenvalue weighted by Gasteiger charge is -2.40. The van der Waals surface area contributed by atoms with E-state index in [1.807, 2.05) is 19.0 Å². The van der Waals surface area contributed by atoms with Crippen molar-refractivity contribution in [2.75, 3.05) is 193 Å². The first kappa shape index (κ1) is 45.9. The van der Waals surface area contributed by atoms with E-state index in [1.54, 1.807) is 14.1 Å². The summed E-state index contributed by atoms with van der Waals surface area (Å²) in [5.41, 5.74) is -21.6. The van der Waals surface area contributed by atoms with Gasteiger partial charge in [0.1, 0.15) is 40.2 Å². The van der Waals surface area contributed by atoms with Gasteiger partial charge in [-0.05, 0) is 312 Å². The Balaban J connectivity index is 0.000000311. The Bertz CT molecular complexity index is 8470. The van der Waals surface area contributed by atoms with Gasteiger partial charge in [-0.3, -0.25) is 0 Å². The molecule has 140 heavy (non-hydrogen) atoms. The lowest BCUT2D eigenvalue weighted by Crippen LogP contribution is -2.42. The number of rotatable bonds is 35. The maximum absolute atomic E-state index is 12.0. The first-order chi connectivity index (χ1) is 99.8. The predicted molar refractivity (Wildman–Crippen MR) is 576 cm³/mol. The van der Waals surface area contributed by atoms with Crippen molar-refractivity contribution in [1.29, 1.82) is 0 Å². The number of nitrogens with zero attached hydrogens (tertiary/aromatic N) is 7. The normalized spacial score (nSPS) is 35.9. The molecule has 0 amide bonds. The fourth-order valence-electron chi connectivity index (χ4n) is 16.4. The molecule has 0 spiro atoms. The van der Waals surface area contributed by atoms with E-state index in [9.17, 15) is 39.9 Å². The summed E-state index contributed by atoms with van der Waals surface area (Å²) >= 11 is 0. The van der Waals surface area contributed by atoms with Crippen LogP contribution in [0.4, 0.5) is 0 Å². The minimum Gasteiger partial charge on any atom is -0.497 e. The third kappa shape index (κ3) is 36.7. The van der Waals surface area contributed by atoms with E-state index in [1.165, 1.54) is 40.4 Å². The topological polar surface area (TPSA) is 229 Å². The van der Waals surface area contributed by atoms with Crippen molar-refractivity contribution in [1.82, 2.24) is 34.3 Å². The summed E-state index contributed by atoms with van der Waals surface area (Å²) in [4.78, 5) is 4.23. The van der Waals surface area contributed by atoms with Crippen LogP contribution in [0.25, 0.3) is 0 Å². The van der Waals surface area contributed by atoms with Crippen molar-refractivity contribution >= 4 is 0 Å². The van der Waals surface area contributed by atoms with Gasteiger partial charge in [0.25, 0.3) is 0 Å². The van der Waals surface area contributed by atoms with Crippen molar-refractivity contribution < 1.29 is 184 Å². The van der Waals surface area contributed by atoms with Gasteiger partial charge in [-0.15, -0.1) is 0 Å². The molecule has 784 valence electrons. The zero-order valence-electron chi connectivity index (χ0n) is 165. The number of benzene rings is 7. The lowest BCUT2D eigenvalue weighted by molar-refractivity contribution is -0.0280. The molecule has 14 rings (SSSR count). The average molecular weight is 2030 g/mol. The highest BCUT2D eigenvalue weighted by molar-refractivity contribution is 5.38. The molecular weight excluding hydrogens is 1750 g/mol. The Morgan fingerprint density at radius 3 is 0.721 bits per heavy atom. The van der Waals surface area contributed by atoms with E-state index in [0.29, 0.717) is 117 Å². The molecule has 0 radical (unpaired) electrons. The summed E-state index contributed by atoms with van der Waals surface area (Å²) < 4.78 is 712. The zero-order chi connectivity index (χ0) is 175. The number of methoxy groups -OCH3 is 7. The van der Waals surface area contributed by atoms with Crippen LogP contribution in [0.15, 0.2) is 169 Å². The second kappa shape index (κ2) is 58.7. The summed E-state index contributed by atoms with van der Waals surface area (Å²) in [6.45, 7) is -34.0.